The molecule has 0 aliphatic heterocycles. The maximum atomic E-state index is 12.8. The third-order valence-electron chi connectivity index (χ3n) is 4.11. The summed E-state index contributed by atoms with van der Waals surface area (Å²) in [5.74, 6) is 0.716. The molecular formula is C18H17N7OS. The van der Waals surface area contributed by atoms with Crippen LogP contribution >= 0.6 is 11.3 Å². The Morgan fingerprint density at radius 2 is 2.15 bits per heavy atom. The predicted octanol–water partition coefficient (Wildman–Crippen LogP) is 2.14. The van der Waals surface area contributed by atoms with Gasteiger partial charge in [-0.2, -0.15) is 4.52 Å². The molecule has 136 valence electrons. The Morgan fingerprint density at radius 3 is 2.89 bits per heavy atom. The summed E-state index contributed by atoms with van der Waals surface area (Å²) >= 11 is 1.45. The molecule has 4 aromatic rings. The molecule has 2 N–H and O–H groups in total. The van der Waals surface area contributed by atoms with E-state index in [9.17, 15) is 4.79 Å². The first kappa shape index (κ1) is 17.1. The van der Waals surface area contributed by atoms with Gasteiger partial charge < -0.3 is 10.6 Å². The lowest BCUT2D eigenvalue weighted by atomic mass is 10.2. The Bertz CT molecular complexity index is 1080. The van der Waals surface area contributed by atoms with Gasteiger partial charge in [-0.3, -0.25) is 9.78 Å². The van der Waals surface area contributed by atoms with Crippen LogP contribution < -0.4 is 5.73 Å². The number of amides is 1. The predicted molar refractivity (Wildman–Crippen MR) is 103 cm³/mol. The second-order valence-corrected chi connectivity index (χ2v) is 6.90. The molecule has 4 aromatic heterocycles. The Labute approximate surface area is 159 Å². The van der Waals surface area contributed by atoms with E-state index < -0.39 is 0 Å². The number of carbonyl (C=O) groups excluding carboxylic acids is 1. The highest BCUT2D eigenvalue weighted by molar-refractivity contribution is 7.13. The van der Waals surface area contributed by atoms with E-state index in [-0.39, 0.29) is 5.91 Å². The number of anilines is 1. The highest BCUT2D eigenvalue weighted by Crippen LogP contribution is 2.21. The number of thiazole rings is 1. The molecule has 4 rings (SSSR count). The van der Waals surface area contributed by atoms with Gasteiger partial charge in [0.05, 0.1) is 0 Å². The van der Waals surface area contributed by atoms with Gasteiger partial charge in [0.1, 0.15) is 5.82 Å². The van der Waals surface area contributed by atoms with Gasteiger partial charge >= 0.3 is 0 Å². The average molecular weight is 379 g/mol. The topological polar surface area (TPSA) is 102 Å². The van der Waals surface area contributed by atoms with Crippen molar-refractivity contribution in [1.82, 2.24) is 29.5 Å². The maximum Gasteiger partial charge on any atom is 0.253 e. The van der Waals surface area contributed by atoms with E-state index in [0.717, 1.165) is 5.69 Å². The van der Waals surface area contributed by atoms with E-state index in [4.69, 9.17) is 5.73 Å². The zero-order chi connectivity index (χ0) is 18.8. The lowest BCUT2D eigenvalue weighted by molar-refractivity contribution is 0.0796. The SMILES string of the molecule is CN(CCc1ccccn1)C(=O)c1cc(N)n2nc(-c3nccs3)nc2c1. The molecule has 0 saturated carbocycles. The molecule has 9 heteroatoms. The minimum Gasteiger partial charge on any atom is -0.384 e. The fraction of sp³-hybridized carbons (Fsp3) is 0.167. The summed E-state index contributed by atoms with van der Waals surface area (Å²) in [5, 5.41) is 6.94. The Hall–Kier alpha value is -3.33. The highest BCUT2D eigenvalue weighted by Gasteiger charge is 2.17. The summed E-state index contributed by atoms with van der Waals surface area (Å²) in [4.78, 5) is 27.4. The van der Waals surface area contributed by atoms with Crippen molar-refractivity contribution in [2.24, 2.45) is 0 Å². The molecule has 4 heterocycles. The normalized spacial score (nSPS) is 11.0. The van der Waals surface area contributed by atoms with Gasteiger partial charge in [0.25, 0.3) is 5.91 Å². The van der Waals surface area contributed by atoms with Gasteiger partial charge in [0.15, 0.2) is 10.7 Å². The summed E-state index contributed by atoms with van der Waals surface area (Å²) < 4.78 is 1.52. The van der Waals surface area contributed by atoms with E-state index in [1.54, 1.807) is 36.5 Å². The van der Waals surface area contributed by atoms with Crippen molar-refractivity contribution in [3.05, 3.63) is 59.4 Å². The van der Waals surface area contributed by atoms with Gasteiger partial charge in [-0.25, -0.2) is 9.97 Å². The summed E-state index contributed by atoms with van der Waals surface area (Å²) in [6, 6.07) is 9.06. The standard InChI is InChI=1S/C18H17N7OS/c1-24(8-5-13-4-2-3-6-20-13)18(26)12-10-14(19)25-15(11-12)22-16(23-25)17-21-7-9-27-17/h2-4,6-7,9-11H,5,8,19H2,1H3. The van der Waals surface area contributed by atoms with Gasteiger partial charge in [0, 0.05) is 49.0 Å². The summed E-state index contributed by atoms with van der Waals surface area (Å²) in [6.45, 7) is 0.554. The molecule has 8 nitrogen and oxygen atoms in total. The fourth-order valence-electron chi connectivity index (χ4n) is 2.71. The molecule has 0 saturated heterocycles. The van der Waals surface area contributed by atoms with Gasteiger partial charge in [-0.1, -0.05) is 6.07 Å². The first-order valence-electron chi connectivity index (χ1n) is 8.33. The van der Waals surface area contributed by atoms with Crippen LogP contribution in [-0.2, 0) is 6.42 Å². The third-order valence-corrected chi connectivity index (χ3v) is 4.88. The second-order valence-electron chi connectivity index (χ2n) is 6.01. The molecule has 1 amide bonds. The number of likely N-dealkylation sites (N-methyl/N-ethyl adjacent to an activating group) is 1. The van der Waals surface area contributed by atoms with Crippen molar-refractivity contribution in [3.8, 4) is 10.8 Å². The molecule has 0 atom stereocenters. The minimum absolute atomic E-state index is 0.126. The molecular weight excluding hydrogens is 362 g/mol. The quantitative estimate of drug-likeness (QED) is 0.570. The summed E-state index contributed by atoms with van der Waals surface area (Å²) in [5.41, 5.74) is 8.02. The number of rotatable bonds is 5. The molecule has 0 fully saturated rings. The molecule has 0 radical (unpaired) electrons. The van der Waals surface area contributed by atoms with Crippen LogP contribution in [0.1, 0.15) is 16.1 Å². The van der Waals surface area contributed by atoms with Crippen molar-refractivity contribution in [2.75, 3.05) is 19.3 Å². The minimum atomic E-state index is -0.126. The van der Waals surface area contributed by atoms with Crippen LogP contribution in [0.4, 0.5) is 5.82 Å². The molecule has 0 aliphatic carbocycles. The van der Waals surface area contributed by atoms with Crippen molar-refractivity contribution >= 4 is 28.7 Å². The number of carbonyl (C=O) groups is 1. The molecule has 0 spiro atoms. The zero-order valence-corrected chi connectivity index (χ0v) is 15.4. The lowest BCUT2D eigenvalue weighted by Gasteiger charge is -2.17. The number of nitrogens with two attached hydrogens (primary N) is 1. The number of aromatic nitrogens is 5. The third kappa shape index (κ3) is 3.49. The van der Waals surface area contributed by atoms with Crippen molar-refractivity contribution in [2.45, 2.75) is 6.42 Å². The van der Waals surface area contributed by atoms with Gasteiger partial charge in [0.2, 0.25) is 5.82 Å². The molecule has 0 aromatic carbocycles. The smallest absolute Gasteiger partial charge is 0.253 e. The van der Waals surface area contributed by atoms with E-state index >= 15 is 0 Å². The van der Waals surface area contributed by atoms with E-state index in [0.29, 0.717) is 40.8 Å². The van der Waals surface area contributed by atoms with Crippen LogP contribution in [0.25, 0.3) is 16.5 Å². The first-order valence-corrected chi connectivity index (χ1v) is 9.21. The lowest BCUT2D eigenvalue weighted by Crippen LogP contribution is -2.29. The summed E-state index contributed by atoms with van der Waals surface area (Å²) in [6.07, 6.45) is 4.12. The molecule has 0 bridgehead atoms. The van der Waals surface area contributed by atoms with Crippen molar-refractivity contribution in [1.29, 1.82) is 0 Å². The number of hydrogen-bond acceptors (Lipinski definition) is 7. The summed E-state index contributed by atoms with van der Waals surface area (Å²) in [7, 11) is 1.76. The van der Waals surface area contributed by atoms with E-state index in [1.165, 1.54) is 15.9 Å². The van der Waals surface area contributed by atoms with Crippen LogP contribution in [0.2, 0.25) is 0 Å². The highest BCUT2D eigenvalue weighted by atomic mass is 32.1. The number of fused-ring (bicyclic) bond motifs is 1. The van der Waals surface area contributed by atoms with Crippen LogP contribution in [0.15, 0.2) is 48.1 Å². The first-order chi connectivity index (χ1) is 13.1. The Balaban J connectivity index is 1.56. The number of nitrogen functional groups attached to an aromatic ring is 1. The number of hydrogen-bond donors (Lipinski definition) is 1. The van der Waals surface area contributed by atoms with E-state index in [1.807, 2.05) is 23.6 Å². The van der Waals surface area contributed by atoms with Gasteiger partial charge in [-0.05, 0) is 24.3 Å². The number of nitrogens with zero attached hydrogens (tertiary/aromatic N) is 6. The molecule has 0 aliphatic rings. The Morgan fingerprint density at radius 1 is 1.26 bits per heavy atom. The monoisotopic (exact) mass is 379 g/mol. The van der Waals surface area contributed by atoms with E-state index in [2.05, 4.69) is 20.1 Å². The van der Waals surface area contributed by atoms with Crippen LogP contribution in [-0.4, -0.2) is 49.0 Å². The molecule has 0 unspecified atom stereocenters. The Kier molecular flexibility index (Phi) is 4.51. The van der Waals surface area contributed by atoms with Crippen molar-refractivity contribution < 1.29 is 4.79 Å². The zero-order valence-electron chi connectivity index (χ0n) is 14.6. The fourth-order valence-corrected chi connectivity index (χ4v) is 3.27. The van der Waals surface area contributed by atoms with Gasteiger partial charge in [-0.15, -0.1) is 16.4 Å². The molecule has 27 heavy (non-hydrogen) atoms. The second kappa shape index (κ2) is 7.12. The number of pyridine rings is 2. The van der Waals surface area contributed by atoms with Crippen LogP contribution in [0.5, 0.6) is 0 Å². The van der Waals surface area contributed by atoms with Crippen LogP contribution in [0, 0.1) is 0 Å². The van der Waals surface area contributed by atoms with Crippen LogP contribution in [0.3, 0.4) is 0 Å². The largest absolute Gasteiger partial charge is 0.384 e. The van der Waals surface area contributed by atoms with Crippen molar-refractivity contribution in [3.63, 3.8) is 0 Å². The average Bonchev–Trinajstić information content (AvgIpc) is 3.35. The maximum absolute atomic E-state index is 12.8.